The second kappa shape index (κ2) is 6.12. The molecule has 9 heteroatoms. The molecule has 1 aromatic rings. The average Bonchev–Trinajstić information content (AvgIpc) is 2.78. The van der Waals surface area contributed by atoms with E-state index in [0.29, 0.717) is 37.7 Å². The van der Waals surface area contributed by atoms with Gasteiger partial charge in [0.15, 0.2) is 0 Å². The van der Waals surface area contributed by atoms with Crippen LogP contribution in [0, 0.1) is 13.8 Å². The van der Waals surface area contributed by atoms with E-state index in [2.05, 4.69) is 14.9 Å². The van der Waals surface area contributed by atoms with E-state index in [1.807, 2.05) is 0 Å². The molecule has 0 aliphatic carbocycles. The summed E-state index contributed by atoms with van der Waals surface area (Å²) in [7, 11) is -3.78. The van der Waals surface area contributed by atoms with Crippen molar-refractivity contribution in [2.45, 2.75) is 31.7 Å². The molecule has 21 heavy (non-hydrogen) atoms. The van der Waals surface area contributed by atoms with Crippen molar-refractivity contribution in [2.24, 2.45) is 0 Å². The molecule has 1 amide bonds. The Labute approximate surface area is 123 Å². The second-order valence-corrected chi connectivity index (χ2v) is 6.69. The molecule has 118 valence electrons. The first-order chi connectivity index (χ1) is 9.83. The maximum atomic E-state index is 12.4. The smallest absolute Gasteiger partial charge is 0.244 e. The van der Waals surface area contributed by atoms with Gasteiger partial charge in [-0.3, -0.25) is 9.89 Å². The highest BCUT2D eigenvalue weighted by Gasteiger charge is 2.29. The van der Waals surface area contributed by atoms with E-state index < -0.39 is 16.1 Å². The summed E-state index contributed by atoms with van der Waals surface area (Å²) in [4.78, 5) is 13.9. The number of ether oxygens (including phenoxy) is 1. The number of nitrogens with zero attached hydrogens (tertiary/aromatic N) is 2. The fourth-order valence-corrected chi connectivity index (χ4v) is 3.90. The predicted octanol–water partition coefficient (Wildman–Crippen LogP) is -0.448. The highest BCUT2D eigenvalue weighted by atomic mass is 32.2. The van der Waals surface area contributed by atoms with Crippen molar-refractivity contribution in [3.05, 3.63) is 11.4 Å². The van der Waals surface area contributed by atoms with E-state index in [1.165, 1.54) is 0 Å². The minimum atomic E-state index is -3.78. The molecule has 2 heterocycles. The molecule has 0 aromatic carbocycles. The average molecular weight is 316 g/mol. The van der Waals surface area contributed by atoms with Gasteiger partial charge in [0.1, 0.15) is 4.90 Å². The standard InChI is InChI=1S/C12H20N4O4S/c1-8-11(9(2)14-13-8)21(18,19)15-10(3)12(17)16-4-6-20-7-5-16/h10,15H,4-7H2,1-3H3,(H,13,14). The summed E-state index contributed by atoms with van der Waals surface area (Å²) in [5.74, 6) is -0.249. The van der Waals surface area contributed by atoms with Crippen LogP contribution < -0.4 is 4.72 Å². The van der Waals surface area contributed by atoms with Gasteiger partial charge in [0.2, 0.25) is 15.9 Å². The van der Waals surface area contributed by atoms with Crippen LogP contribution in [0.3, 0.4) is 0 Å². The Morgan fingerprint density at radius 2 is 2.00 bits per heavy atom. The number of aromatic amines is 1. The normalized spacial score (nSPS) is 17.8. The SMILES string of the molecule is Cc1n[nH]c(C)c1S(=O)(=O)NC(C)C(=O)N1CCOCC1. The van der Waals surface area contributed by atoms with Crippen molar-refractivity contribution in [1.82, 2.24) is 19.8 Å². The molecule has 1 aliphatic rings. The lowest BCUT2D eigenvalue weighted by Crippen LogP contribution is -2.50. The molecule has 1 unspecified atom stereocenters. The molecular weight excluding hydrogens is 296 g/mol. The molecule has 2 N–H and O–H groups in total. The summed E-state index contributed by atoms with van der Waals surface area (Å²) in [5, 5.41) is 6.50. The van der Waals surface area contributed by atoms with Gasteiger partial charge in [-0.25, -0.2) is 8.42 Å². The lowest BCUT2D eigenvalue weighted by molar-refractivity contribution is -0.136. The number of H-pyrrole nitrogens is 1. The monoisotopic (exact) mass is 316 g/mol. The Bertz CT molecular complexity index is 600. The maximum absolute atomic E-state index is 12.4. The quantitative estimate of drug-likeness (QED) is 0.783. The van der Waals surface area contributed by atoms with Crippen molar-refractivity contribution < 1.29 is 17.9 Å². The minimum Gasteiger partial charge on any atom is -0.378 e. The largest absolute Gasteiger partial charge is 0.378 e. The highest BCUT2D eigenvalue weighted by molar-refractivity contribution is 7.89. The molecule has 1 aromatic heterocycles. The first-order valence-electron chi connectivity index (χ1n) is 6.73. The Morgan fingerprint density at radius 3 is 2.52 bits per heavy atom. The van der Waals surface area contributed by atoms with Gasteiger partial charge in [-0.05, 0) is 20.8 Å². The third-order valence-corrected chi connectivity index (χ3v) is 5.16. The van der Waals surface area contributed by atoms with Crippen LogP contribution in [0.4, 0.5) is 0 Å². The number of hydrogen-bond acceptors (Lipinski definition) is 5. The number of morpholine rings is 1. The number of rotatable bonds is 4. The van der Waals surface area contributed by atoms with E-state index in [-0.39, 0.29) is 10.8 Å². The Morgan fingerprint density at radius 1 is 1.38 bits per heavy atom. The number of sulfonamides is 1. The van der Waals surface area contributed by atoms with Crippen molar-refractivity contribution in [3.8, 4) is 0 Å². The van der Waals surface area contributed by atoms with E-state index in [0.717, 1.165) is 0 Å². The fourth-order valence-electron chi connectivity index (χ4n) is 2.34. The molecule has 1 atom stereocenters. The van der Waals surface area contributed by atoms with Crippen molar-refractivity contribution in [3.63, 3.8) is 0 Å². The first kappa shape index (κ1) is 15.9. The molecular formula is C12H20N4O4S. The number of aromatic nitrogens is 2. The van der Waals surface area contributed by atoms with Gasteiger partial charge in [-0.2, -0.15) is 9.82 Å². The van der Waals surface area contributed by atoms with Crippen molar-refractivity contribution in [2.75, 3.05) is 26.3 Å². The highest BCUT2D eigenvalue weighted by Crippen LogP contribution is 2.17. The van der Waals surface area contributed by atoms with Gasteiger partial charge >= 0.3 is 0 Å². The molecule has 0 radical (unpaired) electrons. The Balaban J connectivity index is 2.11. The Kier molecular flexibility index (Phi) is 4.64. The van der Waals surface area contributed by atoms with Gasteiger partial charge in [0, 0.05) is 13.1 Å². The van der Waals surface area contributed by atoms with Crippen LogP contribution in [-0.2, 0) is 19.6 Å². The fraction of sp³-hybridized carbons (Fsp3) is 0.667. The van der Waals surface area contributed by atoms with Crippen LogP contribution in [0.25, 0.3) is 0 Å². The zero-order valence-electron chi connectivity index (χ0n) is 12.3. The number of carbonyl (C=O) groups excluding carboxylic acids is 1. The zero-order chi connectivity index (χ0) is 15.6. The summed E-state index contributed by atoms with van der Waals surface area (Å²) in [6.45, 7) is 6.69. The van der Waals surface area contributed by atoms with E-state index in [1.54, 1.807) is 25.7 Å². The summed E-state index contributed by atoms with van der Waals surface area (Å²) in [5.41, 5.74) is 0.831. The van der Waals surface area contributed by atoms with E-state index >= 15 is 0 Å². The first-order valence-corrected chi connectivity index (χ1v) is 8.21. The van der Waals surface area contributed by atoms with Gasteiger partial charge < -0.3 is 9.64 Å². The summed E-state index contributed by atoms with van der Waals surface area (Å²) in [6, 6.07) is -0.832. The minimum absolute atomic E-state index is 0.101. The van der Waals surface area contributed by atoms with Crippen LogP contribution in [0.1, 0.15) is 18.3 Å². The van der Waals surface area contributed by atoms with E-state index in [4.69, 9.17) is 4.74 Å². The molecule has 0 bridgehead atoms. The molecule has 2 rings (SSSR count). The third kappa shape index (κ3) is 3.42. The van der Waals surface area contributed by atoms with Gasteiger partial charge in [0.25, 0.3) is 0 Å². The Hall–Kier alpha value is -1.45. The van der Waals surface area contributed by atoms with Gasteiger partial charge in [0.05, 0.1) is 30.6 Å². The lowest BCUT2D eigenvalue weighted by Gasteiger charge is -2.29. The molecule has 1 aliphatic heterocycles. The van der Waals surface area contributed by atoms with Crippen LogP contribution in [0.5, 0.6) is 0 Å². The maximum Gasteiger partial charge on any atom is 0.244 e. The molecule has 1 saturated heterocycles. The zero-order valence-corrected chi connectivity index (χ0v) is 13.2. The summed E-state index contributed by atoms with van der Waals surface area (Å²) in [6.07, 6.45) is 0. The van der Waals surface area contributed by atoms with Crippen molar-refractivity contribution in [1.29, 1.82) is 0 Å². The number of amides is 1. The number of hydrogen-bond donors (Lipinski definition) is 2. The van der Waals surface area contributed by atoms with Crippen molar-refractivity contribution >= 4 is 15.9 Å². The number of carbonyl (C=O) groups is 1. The number of nitrogens with one attached hydrogen (secondary N) is 2. The predicted molar refractivity (Wildman–Crippen MR) is 75.2 cm³/mol. The third-order valence-electron chi connectivity index (χ3n) is 3.35. The van der Waals surface area contributed by atoms with Crippen LogP contribution in [-0.4, -0.2) is 61.8 Å². The topological polar surface area (TPSA) is 104 Å². The van der Waals surface area contributed by atoms with Crippen LogP contribution in [0.15, 0.2) is 4.90 Å². The summed E-state index contributed by atoms with van der Waals surface area (Å²) >= 11 is 0. The van der Waals surface area contributed by atoms with E-state index in [9.17, 15) is 13.2 Å². The van der Waals surface area contributed by atoms with Crippen LogP contribution in [0.2, 0.25) is 0 Å². The molecule has 1 fully saturated rings. The molecule has 0 saturated carbocycles. The lowest BCUT2D eigenvalue weighted by atomic mass is 10.3. The second-order valence-electron chi connectivity index (χ2n) is 5.04. The van der Waals surface area contributed by atoms with Crippen LogP contribution >= 0.6 is 0 Å². The summed E-state index contributed by atoms with van der Waals surface area (Å²) < 4.78 is 32.3. The molecule has 0 spiro atoms. The molecule has 8 nitrogen and oxygen atoms in total. The van der Waals surface area contributed by atoms with Gasteiger partial charge in [-0.15, -0.1) is 0 Å². The van der Waals surface area contributed by atoms with Gasteiger partial charge in [-0.1, -0.05) is 0 Å². The number of aryl methyl sites for hydroxylation is 2.